The highest BCUT2D eigenvalue weighted by Crippen LogP contribution is 2.14. The molecule has 1 aromatic rings. The van der Waals surface area contributed by atoms with Gasteiger partial charge < -0.3 is 4.74 Å². The molecule has 0 unspecified atom stereocenters. The molecule has 0 bridgehead atoms. The molecule has 1 heterocycles. The number of anilines is 1. The van der Waals surface area contributed by atoms with Crippen LogP contribution in [0.15, 0.2) is 24.3 Å². The number of carbonyl (C=O) groups is 1. The molecule has 2 rings (SSSR count). The second-order valence-corrected chi connectivity index (χ2v) is 6.51. The summed E-state index contributed by atoms with van der Waals surface area (Å²) in [7, 11) is 0. The van der Waals surface area contributed by atoms with Crippen LogP contribution >= 0.6 is 0 Å². The summed E-state index contributed by atoms with van der Waals surface area (Å²) in [5.74, 6) is 0. The van der Waals surface area contributed by atoms with Crippen LogP contribution in [0.25, 0.3) is 0 Å². The number of hydrogen-bond donors (Lipinski definition) is 1. The average Bonchev–Trinajstić information content (AvgIpc) is 2.54. The van der Waals surface area contributed by atoms with Gasteiger partial charge in [-0.1, -0.05) is 31.9 Å². The van der Waals surface area contributed by atoms with Crippen LogP contribution in [-0.2, 0) is 11.2 Å². The third kappa shape index (κ3) is 6.61. The quantitative estimate of drug-likeness (QED) is 0.807. The summed E-state index contributed by atoms with van der Waals surface area (Å²) < 4.78 is 5.49. The molecule has 4 nitrogen and oxygen atoms in total. The molecule has 1 saturated heterocycles. The second-order valence-electron chi connectivity index (χ2n) is 6.51. The van der Waals surface area contributed by atoms with Crippen LogP contribution in [0, 0.1) is 0 Å². The van der Waals surface area contributed by atoms with Crippen LogP contribution in [-0.4, -0.2) is 36.7 Å². The minimum absolute atomic E-state index is 0.0867. The maximum atomic E-state index is 12.0. The SMILES string of the molecule is CCCCc1cccc(NC(=O)O[C@H](C)CN2CCCCC2)c1. The van der Waals surface area contributed by atoms with Crippen molar-refractivity contribution in [3.05, 3.63) is 29.8 Å². The zero-order valence-corrected chi connectivity index (χ0v) is 14.5. The summed E-state index contributed by atoms with van der Waals surface area (Å²) in [6.07, 6.45) is 6.77. The number of ether oxygens (including phenoxy) is 1. The number of carbonyl (C=O) groups excluding carboxylic acids is 1. The topological polar surface area (TPSA) is 41.6 Å². The first-order valence-corrected chi connectivity index (χ1v) is 8.96. The lowest BCUT2D eigenvalue weighted by molar-refractivity contribution is 0.0833. The lowest BCUT2D eigenvalue weighted by Gasteiger charge is -2.28. The van der Waals surface area contributed by atoms with Gasteiger partial charge in [0.05, 0.1) is 0 Å². The first kappa shape index (κ1) is 17.8. The first-order valence-electron chi connectivity index (χ1n) is 8.96. The molecule has 1 atom stereocenters. The molecule has 0 saturated carbocycles. The number of rotatable bonds is 7. The second kappa shape index (κ2) is 9.56. The molecule has 4 heteroatoms. The summed E-state index contributed by atoms with van der Waals surface area (Å²) in [6, 6.07) is 8.03. The van der Waals surface area contributed by atoms with E-state index in [1.54, 1.807) is 0 Å². The van der Waals surface area contributed by atoms with Crippen molar-refractivity contribution in [2.24, 2.45) is 0 Å². The van der Waals surface area contributed by atoms with E-state index >= 15 is 0 Å². The lowest BCUT2D eigenvalue weighted by Crippen LogP contribution is -2.37. The van der Waals surface area contributed by atoms with Crippen molar-refractivity contribution in [2.75, 3.05) is 25.0 Å². The largest absolute Gasteiger partial charge is 0.445 e. The molecule has 1 aliphatic heterocycles. The Labute approximate surface area is 140 Å². The predicted molar refractivity (Wildman–Crippen MR) is 94.9 cm³/mol. The molecule has 128 valence electrons. The molecule has 0 spiro atoms. The Morgan fingerprint density at radius 2 is 2.09 bits per heavy atom. The summed E-state index contributed by atoms with van der Waals surface area (Å²) in [6.45, 7) is 7.21. The molecule has 0 aromatic heterocycles. The summed E-state index contributed by atoms with van der Waals surface area (Å²) in [5.41, 5.74) is 2.07. The molecule has 0 radical (unpaired) electrons. The van der Waals surface area contributed by atoms with E-state index in [1.807, 2.05) is 25.1 Å². The maximum absolute atomic E-state index is 12.0. The molecular formula is C19H30N2O2. The van der Waals surface area contributed by atoms with Crippen molar-refractivity contribution in [1.29, 1.82) is 0 Å². The van der Waals surface area contributed by atoms with Gasteiger partial charge in [-0.25, -0.2) is 4.79 Å². The molecule has 1 aliphatic rings. The number of likely N-dealkylation sites (tertiary alicyclic amines) is 1. The van der Waals surface area contributed by atoms with Crippen molar-refractivity contribution >= 4 is 11.8 Å². The lowest BCUT2D eigenvalue weighted by atomic mass is 10.1. The predicted octanol–water partition coefficient (Wildman–Crippen LogP) is 4.45. The number of benzene rings is 1. The van der Waals surface area contributed by atoms with Crippen LogP contribution in [0.3, 0.4) is 0 Å². The van der Waals surface area contributed by atoms with Gasteiger partial charge in [0.25, 0.3) is 0 Å². The van der Waals surface area contributed by atoms with Crippen molar-refractivity contribution in [2.45, 2.75) is 58.5 Å². The monoisotopic (exact) mass is 318 g/mol. The Kier molecular flexibility index (Phi) is 7.40. The van der Waals surface area contributed by atoms with E-state index in [2.05, 4.69) is 23.2 Å². The van der Waals surface area contributed by atoms with E-state index in [1.165, 1.54) is 37.7 Å². The van der Waals surface area contributed by atoms with Crippen molar-refractivity contribution < 1.29 is 9.53 Å². The fourth-order valence-corrected chi connectivity index (χ4v) is 3.06. The van der Waals surface area contributed by atoms with E-state index in [0.717, 1.165) is 31.7 Å². The fourth-order valence-electron chi connectivity index (χ4n) is 3.06. The normalized spacial score (nSPS) is 16.8. The number of unbranched alkanes of at least 4 members (excludes halogenated alkanes) is 1. The van der Waals surface area contributed by atoms with E-state index in [4.69, 9.17) is 4.74 Å². The van der Waals surface area contributed by atoms with Gasteiger partial charge in [-0.15, -0.1) is 0 Å². The third-order valence-corrected chi connectivity index (χ3v) is 4.26. The third-order valence-electron chi connectivity index (χ3n) is 4.26. The van der Waals surface area contributed by atoms with Crippen molar-refractivity contribution in [3.8, 4) is 0 Å². The number of aryl methyl sites for hydroxylation is 1. The minimum atomic E-state index is -0.359. The number of hydrogen-bond acceptors (Lipinski definition) is 3. The van der Waals surface area contributed by atoms with E-state index in [0.29, 0.717) is 0 Å². The maximum Gasteiger partial charge on any atom is 0.411 e. The molecular weight excluding hydrogens is 288 g/mol. The van der Waals surface area contributed by atoms with E-state index in [9.17, 15) is 4.79 Å². The van der Waals surface area contributed by atoms with Gasteiger partial charge >= 0.3 is 6.09 Å². The van der Waals surface area contributed by atoms with Gasteiger partial charge in [-0.2, -0.15) is 0 Å². The van der Waals surface area contributed by atoms with Crippen LogP contribution in [0.5, 0.6) is 0 Å². The average molecular weight is 318 g/mol. The first-order chi connectivity index (χ1) is 11.2. The number of piperidine rings is 1. The Morgan fingerprint density at radius 1 is 1.30 bits per heavy atom. The van der Waals surface area contributed by atoms with Crippen molar-refractivity contribution in [1.82, 2.24) is 4.90 Å². The smallest absolute Gasteiger partial charge is 0.411 e. The molecule has 1 fully saturated rings. The summed E-state index contributed by atoms with van der Waals surface area (Å²) >= 11 is 0. The number of nitrogens with one attached hydrogen (secondary N) is 1. The standard InChI is InChI=1S/C19H30N2O2/c1-3-4-9-17-10-8-11-18(14-17)20-19(22)23-16(2)15-21-12-6-5-7-13-21/h8,10-11,14,16H,3-7,9,12-13,15H2,1-2H3,(H,20,22)/t16-/m1/s1. The highest BCUT2D eigenvalue weighted by atomic mass is 16.6. The molecule has 1 N–H and O–H groups in total. The molecule has 1 aromatic carbocycles. The Hall–Kier alpha value is -1.55. The van der Waals surface area contributed by atoms with Crippen molar-refractivity contribution in [3.63, 3.8) is 0 Å². The zero-order valence-electron chi connectivity index (χ0n) is 14.5. The highest BCUT2D eigenvalue weighted by molar-refractivity contribution is 5.84. The summed E-state index contributed by atoms with van der Waals surface area (Å²) in [5, 5.41) is 2.85. The highest BCUT2D eigenvalue weighted by Gasteiger charge is 2.16. The van der Waals surface area contributed by atoms with Crippen LogP contribution < -0.4 is 5.32 Å². The summed E-state index contributed by atoms with van der Waals surface area (Å²) in [4.78, 5) is 14.4. The number of amides is 1. The van der Waals surface area contributed by atoms with Gasteiger partial charge in [-0.05, 0) is 63.4 Å². The zero-order chi connectivity index (χ0) is 16.5. The molecule has 23 heavy (non-hydrogen) atoms. The van der Waals surface area contributed by atoms with Gasteiger partial charge in [0.2, 0.25) is 0 Å². The van der Waals surface area contributed by atoms with E-state index < -0.39 is 0 Å². The Balaban J connectivity index is 1.77. The molecule has 0 aliphatic carbocycles. The number of nitrogens with zero attached hydrogens (tertiary/aromatic N) is 1. The van der Waals surface area contributed by atoms with E-state index in [-0.39, 0.29) is 12.2 Å². The Bertz CT molecular complexity index is 484. The Morgan fingerprint density at radius 3 is 2.83 bits per heavy atom. The van der Waals surface area contributed by atoms with Gasteiger partial charge in [0.15, 0.2) is 0 Å². The van der Waals surface area contributed by atoms with Gasteiger partial charge in [-0.3, -0.25) is 10.2 Å². The fraction of sp³-hybridized carbons (Fsp3) is 0.632. The minimum Gasteiger partial charge on any atom is -0.445 e. The van der Waals surface area contributed by atoms with Crippen LogP contribution in [0.1, 0.15) is 51.5 Å². The molecule has 1 amide bonds. The van der Waals surface area contributed by atoms with Crippen LogP contribution in [0.4, 0.5) is 10.5 Å². The van der Waals surface area contributed by atoms with Gasteiger partial charge in [0.1, 0.15) is 6.10 Å². The van der Waals surface area contributed by atoms with Crippen LogP contribution in [0.2, 0.25) is 0 Å². The van der Waals surface area contributed by atoms with Gasteiger partial charge in [0, 0.05) is 12.2 Å².